The molecule has 0 bridgehead atoms. The van der Waals surface area contributed by atoms with Crippen molar-refractivity contribution in [2.75, 3.05) is 13.7 Å². The first kappa shape index (κ1) is 24.2. The van der Waals surface area contributed by atoms with Gasteiger partial charge in [-0.05, 0) is 55.5 Å². The molecule has 2 fully saturated rings. The molecule has 7 nitrogen and oxygen atoms in total. The molecule has 9 heteroatoms. The molecule has 0 radical (unpaired) electrons. The van der Waals surface area contributed by atoms with Gasteiger partial charge in [-0.15, -0.1) is 0 Å². The number of imide groups is 1. The van der Waals surface area contributed by atoms with Crippen molar-refractivity contribution in [3.05, 3.63) is 63.6 Å². The molecule has 1 aliphatic heterocycles. The van der Waals surface area contributed by atoms with Crippen LogP contribution < -0.4 is 4.74 Å². The van der Waals surface area contributed by atoms with Crippen LogP contribution in [0.4, 0.5) is 0 Å². The quantitative estimate of drug-likeness (QED) is 0.423. The van der Waals surface area contributed by atoms with Crippen molar-refractivity contribution in [3.8, 4) is 5.75 Å². The lowest BCUT2D eigenvalue weighted by Crippen LogP contribution is -2.52. The van der Waals surface area contributed by atoms with Crippen molar-refractivity contribution in [1.29, 1.82) is 0 Å². The van der Waals surface area contributed by atoms with Gasteiger partial charge in [0.05, 0.1) is 29.0 Å². The van der Waals surface area contributed by atoms with E-state index in [1.165, 1.54) is 25.3 Å². The summed E-state index contributed by atoms with van der Waals surface area (Å²) in [4.78, 5) is 53.4. The lowest BCUT2D eigenvalue weighted by atomic mass is 9.76. The zero-order valence-electron chi connectivity index (χ0n) is 18.8. The van der Waals surface area contributed by atoms with Crippen molar-refractivity contribution in [1.82, 2.24) is 10.0 Å². The topological polar surface area (TPSA) is 84.0 Å². The van der Waals surface area contributed by atoms with E-state index >= 15 is 0 Å². The summed E-state index contributed by atoms with van der Waals surface area (Å²) in [5, 5.41) is 2.21. The van der Waals surface area contributed by atoms with Crippen LogP contribution in [0.1, 0.15) is 46.9 Å². The molecular formula is C25H24Cl2N2O5. The molecule has 1 saturated heterocycles. The normalized spacial score (nSPS) is 21.9. The first-order valence-electron chi connectivity index (χ1n) is 11.0. The highest BCUT2D eigenvalue weighted by atomic mass is 35.5. The fourth-order valence-electron chi connectivity index (χ4n) is 4.65. The zero-order valence-corrected chi connectivity index (χ0v) is 20.3. The van der Waals surface area contributed by atoms with E-state index in [0.717, 1.165) is 16.4 Å². The summed E-state index contributed by atoms with van der Waals surface area (Å²) >= 11 is 12.1. The number of Topliss-reactive ketones (excluding diaryl/α,β-unsaturated/α-hetero) is 1. The molecule has 2 aliphatic rings. The number of ketones is 1. The van der Waals surface area contributed by atoms with Crippen molar-refractivity contribution < 1.29 is 23.9 Å². The summed E-state index contributed by atoms with van der Waals surface area (Å²) < 4.78 is 5.18. The first-order chi connectivity index (χ1) is 16.2. The number of halogens is 2. The summed E-state index contributed by atoms with van der Waals surface area (Å²) in [7, 11) is 1.48. The lowest BCUT2D eigenvalue weighted by molar-refractivity contribution is -0.154. The molecule has 2 aromatic carbocycles. The largest absolute Gasteiger partial charge is 0.497 e. The minimum Gasteiger partial charge on any atom is -0.497 e. The Bertz CT molecular complexity index is 1170. The van der Waals surface area contributed by atoms with Crippen molar-refractivity contribution in [2.24, 2.45) is 17.8 Å². The molecule has 178 valence electrons. The molecule has 2 aromatic rings. The number of hydrazine groups is 1. The maximum Gasteiger partial charge on any atom is 0.273 e. The molecule has 1 heterocycles. The van der Waals surface area contributed by atoms with Gasteiger partial charge in [-0.3, -0.25) is 19.2 Å². The molecule has 4 rings (SSSR count). The number of carbonyl (C=O) groups is 4. The first-order valence-corrected chi connectivity index (χ1v) is 11.8. The predicted octanol–water partition coefficient (Wildman–Crippen LogP) is 4.66. The molecule has 0 aromatic heterocycles. The number of ether oxygens (including phenoxy) is 1. The van der Waals surface area contributed by atoms with Gasteiger partial charge in [0, 0.05) is 11.1 Å². The van der Waals surface area contributed by atoms with Gasteiger partial charge in [0.1, 0.15) is 12.3 Å². The minimum atomic E-state index is -0.691. The molecule has 0 unspecified atom stereocenters. The monoisotopic (exact) mass is 502 g/mol. The molecule has 0 spiro atoms. The third kappa shape index (κ3) is 4.55. The Kier molecular flexibility index (Phi) is 6.96. The van der Waals surface area contributed by atoms with Crippen molar-refractivity contribution in [3.63, 3.8) is 0 Å². The lowest BCUT2D eigenvalue weighted by Gasteiger charge is -2.30. The predicted molar refractivity (Wildman–Crippen MR) is 127 cm³/mol. The van der Waals surface area contributed by atoms with Crippen LogP contribution in [0, 0.1) is 17.8 Å². The fraction of sp³-hybridized carbons (Fsp3) is 0.360. The second kappa shape index (κ2) is 9.76. The highest BCUT2D eigenvalue weighted by molar-refractivity contribution is 6.42. The second-order valence-electron chi connectivity index (χ2n) is 8.77. The number of benzene rings is 2. The molecule has 3 atom stereocenters. The standard InChI is InChI=1S/C25H24Cl2N2O5/c1-14-6-8-18-19(10-14)25(33)29(24(18)32)28(23(31)16-7-9-20(26)21(27)12-16)13-22(30)15-4-3-5-17(11-15)34-2/h3-5,7,9,11-12,14,18-19H,6,8,10,13H2,1-2H3/t14-,18+,19+/m0/s1. The van der Waals surface area contributed by atoms with Crippen LogP contribution in [0.15, 0.2) is 42.5 Å². The fourth-order valence-corrected chi connectivity index (χ4v) is 4.94. The highest BCUT2D eigenvalue weighted by Crippen LogP contribution is 2.41. The van der Waals surface area contributed by atoms with E-state index in [1.54, 1.807) is 24.3 Å². The van der Waals surface area contributed by atoms with E-state index in [9.17, 15) is 19.2 Å². The Morgan fingerprint density at radius 1 is 1.00 bits per heavy atom. The van der Waals surface area contributed by atoms with Crippen LogP contribution in [-0.2, 0) is 9.59 Å². The number of hydrogen-bond donors (Lipinski definition) is 0. The average Bonchev–Trinajstić information content (AvgIpc) is 3.07. The number of rotatable bonds is 6. The molecule has 0 N–H and O–H groups in total. The van der Waals surface area contributed by atoms with E-state index in [1.807, 2.05) is 6.92 Å². The summed E-state index contributed by atoms with van der Waals surface area (Å²) in [5.41, 5.74) is 0.396. The highest BCUT2D eigenvalue weighted by Gasteiger charge is 2.52. The minimum absolute atomic E-state index is 0.108. The van der Waals surface area contributed by atoms with Gasteiger partial charge in [0.2, 0.25) is 0 Å². The van der Waals surface area contributed by atoms with E-state index in [-0.39, 0.29) is 21.2 Å². The summed E-state index contributed by atoms with van der Waals surface area (Å²) in [5.74, 6) is -2.24. The van der Waals surface area contributed by atoms with E-state index < -0.39 is 41.9 Å². The number of fused-ring (bicyclic) bond motifs is 1. The molecule has 1 aliphatic carbocycles. The van der Waals surface area contributed by atoms with Crippen molar-refractivity contribution in [2.45, 2.75) is 26.2 Å². The summed E-state index contributed by atoms with van der Waals surface area (Å²) in [6.07, 6.45) is 1.98. The van der Waals surface area contributed by atoms with Crippen LogP contribution in [-0.4, -0.2) is 47.2 Å². The van der Waals surface area contributed by atoms with Gasteiger partial charge >= 0.3 is 0 Å². The number of carbonyl (C=O) groups excluding carboxylic acids is 4. The van der Waals surface area contributed by atoms with E-state index in [4.69, 9.17) is 27.9 Å². The van der Waals surface area contributed by atoms with Gasteiger partial charge in [-0.2, -0.15) is 5.01 Å². The van der Waals surface area contributed by atoms with Crippen LogP contribution in [0.2, 0.25) is 10.0 Å². The van der Waals surface area contributed by atoms with E-state index in [2.05, 4.69) is 0 Å². The smallest absolute Gasteiger partial charge is 0.273 e. The van der Waals surface area contributed by atoms with Gasteiger partial charge in [-0.25, -0.2) is 5.01 Å². The van der Waals surface area contributed by atoms with Crippen LogP contribution >= 0.6 is 23.2 Å². The summed E-state index contributed by atoms with van der Waals surface area (Å²) in [6, 6.07) is 10.7. The van der Waals surface area contributed by atoms with Gasteiger partial charge in [-0.1, -0.05) is 42.3 Å². The number of amides is 3. The van der Waals surface area contributed by atoms with Gasteiger partial charge in [0.15, 0.2) is 5.78 Å². The Labute approximate surface area is 207 Å². The summed E-state index contributed by atoms with van der Waals surface area (Å²) in [6.45, 7) is 1.54. The Hall–Kier alpha value is -2.90. The average molecular weight is 503 g/mol. The van der Waals surface area contributed by atoms with Gasteiger partial charge < -0.3 is 4.74 Å². The molecular weight excluding hydrogens is 479 g/mol. The van der Waals surface area contributed by atoms with Crippen LogP contribution in [0.5, 0.6) is 5.75 Å². The second-order valence-corrected chi connectivity index (χ2v) is 9.58. The zero-order chi connectivity index (χ0) is 24.6. The molecule has 3 amide bonds. The van der Waals surface area contributed by atoms with Crippen LogP contribution in [0.25, 0.3) is 0 Å². The van der Waals surface area contributed by atoms with Crippen molar-refractivity contribution >= 4 is 46.7 Å². The van der Waals surface area contributed by atoms with Gasteiger partial charge in [0.25, 0.3) is 17.7 Å². The SMILES string of the molecule is COc1cccc(C(=O)CN(C(=O)c2ccc(Cl)c(Cl)c2)N2C(=O)[C@@H]3CC[C@H](C)C[C@H]3C2=O)c1. The third-order valence-corrected chi connectivity index (χ3v) is 7.23. The Balaban J connectivity index is 1.71. The molecule has 34 heavy (non-hydrogen) atoms. The Morgan fingerprint density at radius 2 is 1.74 bits per heavy atom. The maximum absolute atomic E-state index is 13.5. The molecule has 1 saturated carbocycles. The van der Waals surface area contributed by atoms with Crippen LogP contribution in [0.3, 0.4) is 0 Å². The number of methoxy groups -OCH3 is 1. The Morgan fingerprint density at radius 3 is 2.44 bits per heavy atom. The maximum atomic E-state index is 13.5. The number of nitrogens with zero attached hydrogens (tertiary/aromatic N) is 2. The number of hydrogen-bond acceptors (Lipinski definition) is 5. The third-order valence-electron chi connectivity index (χ3n) is 6.49. The van der Waals surface area contributed by atoms with E-state index in [0.29, 0.717) is 24.5 Å².